The van der Waals surface area contributed by atoms with Crippen LogP contribution in [0.15, 0.2) is 36.4 Å². The highest BCUT2D eigenvalue weighted by Crippen LogP contribution is 2.40. The Morgan fingerprint density at radius 3 is 2.23 bits per heavy atom. The van der Waals surface area contributed by atoms with Crippen LogP contribution in [-0.2, 0) is 17.1 Å². The summed E-state index contributed by atoms with van der Waals surface area (Å²) in [6.07, 6.45) is -8.19. The summed E-state index contributed by atoms with van der Waals surface area (Å²) in [6, 6.07) is 6.04. The van der Waals surface area contributed by atoms with Crippen molar-refractivity contribution in [1.82, 2.24) is 19.5 Å². The Kier molecular flexibility index (Phi) is 6.46. The van der Waals surface area contributed by atoms with Gasteiger partial charge in [0, 0.05) is 24.7 Å². The summed E-state index contributed by atoms with van der Waals surface area (Å²) in [5.41, 5.74) is -2.74. The number of nitrogens with one attached hydrogen (secondary N) is 1. The second-order valence-electron chi connectivity index (χ2n) is 11.0. The van der Waals surface area contributed by atoms with E-state index < -0.39 is 35.3 Å². The Morgan fingerprint density at radius 1 is 0.974 bits per heavy atom. The van der Waals surface area contributed by atoms with E-state index in [1.165, 1.54) is 12.1 Å². The van der Waals surface area contributed by atoms with Crippen LogP contribution in [0.25, 0.3) is 16.8 Å². The lowest BCUT2D eigenvalue weighted by molar-refractivity contribution is -0.142. The van der Waals surface area contributed by atoms with Crippen LogP contribution in [0.5, 0.6) is 0 Å². The van der Waals surface area contributed by atoms with Crippen molar-refractivity contribution in [3.63, 3.8) is 0 Å². The van der Waals surface area contributed by atoms with Crippen molar-refractivity contribution >= 4 is 17.7 Å². The number of pyridine rings is 1. The van der Waals surface area contributed by atoms with E-state index in [-0.39, 0.29) is 40.6 Å². The first-order valence-electron chi connectivity index (χ1n) is 12.5. The first-order chi connectivity index (χ1) is 18.1. The van der Waals surface area contributed by atoms with E-state index in [0.29, 0.717) is 17.6 Å². The van der Waals surface area contributed by atoms with Crippen molar-refractivity contribution < 1.29 is 35.9 Å². The summed E-state index contributed by atoms with van der Waals surface area (Å²) >= 11 is 0. The number of hydrogen-bond donors (Lipinski definition) is 1. The molecular formula is C26H27F6N5O2. The van der Waals surface area contributed by atoms with Crippen LogP contribution >= 0.6 is 0 Å². The summed E-state index contributed by atoms with van der Waals surface area (Å²) in [7, 11) is 0. The number of fused-ring (bicyclic) bond motifs is 3. The normalized spacial score (nSPS) is 21.9. The maximum atomic E-state index is 13.8. The highest BCUT2D eigenvalue weighted by atomic mass is 19.4. The smallest absolute Gasteiger partial charge is 0.433 e. The molecule has 0 spiro atoms. The minimum atomic E-state index is -4.77. The number of carbonyl (C=O) groups excluding carboxylic acids is 1. The minimum absolute atomic E-state index is 0.00732. The Labute approximate surface area is 220 Å². The van der Waals surface area contributed by atoms with E-state index in [9.17, 15) is 31.1 Å². The molecule has 7 nitrogen and oxygen atoms in total. The number of piperidine rings is 1. The van der Waals surface area contributed by atoms with Crippen molar-refractivity contribution in [2.45, 2.75) is 57.6 Å². The Bertz CT molecular complexity index is 1380. The highest BCUT2D eigenvalue weighted by molar-refractivity contribution is 5.79. The Hall–Kier alpha value is -3.51. The van der Waals surface area contributed by atoms with Crippen molar-refractivity contribution in [1.29, 1.82) is 0 Å². The van der Waals surface area contributed by atoms with Crippen molar-refractivity contribution in [2.75, 3.05) is 18.4 Å². The lowest BCUT2D eigenvalue weighted by Gasteiger charge is -2.38. The van der Waals surface area contributed by atoms with Crippen molar-refractivity contribution in [2.24, 2.45) is 11.8 Å². The predicted molar refractivity (Wildman–Crippen MR) is 130 cm³/mol. The van der Waals surface area contributed by atoms with Crippen LogP contribution in [0.4, 0.5) is 37.1 Å². The molecule has 13 heteroatoms. The quantitative estimate of drug-likeness (QED) is 0.374. The SMILES string of the molecule is CC(C)(C)OC(=O)N1C[C@H]2CC[C@@H](C1)C2Nc1nc2c(-c3cccc(C(F)(F)F)c3)ccc(C(F)(F)F)n2n1. The largest absolute Gasteiger partial charge is 0.444 e. The minimum Gasteiger partial charge on any atom is -0.444 e. The zero-order valence-electron chi connectivity index (χ0n) is 21.4. The molecule has 1 aliphatic heterocycles. The molecule has 1 saturated carbocycles. The molecular weight excluding hydrogens is 528 g/mol. The molecule has 2 bridgehead atoms. The lowest BCUT2D eigenvalue weighted by atomic mass is 9.92. The van der Waals surface area contributed by atoms with Gasteiger partial charge in [-0.05, 0) is 75.3 Å². The van der Waals surface area contributed by atoms with E-state index in [0.717, 1.165) is 37.1 Å². The van der Waals surface area contributed by atoms with Crippen LogP contribution in [0.2, 0.25) is 0 Å². The van der Waals surface area contributed by atoms with Crippen LogP contribution in [0, 0.1) is 11.8 Å². The molecule has 0 radical (unpaired) electrons. The fraction of sp³-hybridized carbons (Fsp3) is 0.500. The third-order valence-corrected chi connectivity index (χ3v) is 7.06. The van der Waals surface area contributed by atoms with Gasteiger partial charge in [-0.2, -0.15) is 31.3 Å². The van der Waals surface area contributed by atoms with E-state index in [4.69, 9.17) is 4.74 Å². The number of carbonyl (C=O) groups is 1. The van der Waals surface area contributed by atoms with Gasteiger partial charge in [0.15, 0.2) is 5.65 Å². The Morgan fingerprint density at radius 2 is 1.64 bits per heavy atom. The maximum absolute atomic E-state index is 13.8. The third-order valence-electron chi connectivity index (χ3n) is 7.06. The van der Waals surface area contributed by atoms with Gasteiger partial charge in [-0.3, -0.25) is 0 Å². The topological polar surface area (TPSA) is 71.8 Å². The lowest BCUT2D eigenvalue weighted by Crippen LogP contribution is -2.51. The fourth-order valence-electron chi connectivity index (χ4n) is 5.41. The summed E-state index contributed by atoms with van der Waals surface area (Å²) < 4.78 is 87.4. The second kappa shape index (κ2) is 9.30. The number of alkyl halides is 6. The van der Waals surface area contributed by atoms with Gasteiger partial charge < -0.3 is 15.0 Å². The zero-order chi connectivity index (χ0) is 28.3. The van der Waals surface area contributed by atoms with Crippen molar-refractivity contribution in [3.8, 4) is 11.1 Å². The summed E-state index contributed by atoms with van der Waals surface area (Å²) in [5, 5.41) is 7.24. The molecule has 2 fully saturated rings. The van der Waals surface area contributed by atoms with Crippen molar-refractivity contribution in [3.05, 3.63) is 47.7 Å². The molecule has 2 aliphatic rings. The van der Waals surface area contributed by atoms with Gasteiger partial charge in [-0.1, -0.05) is 12.1 Å². The zero-order valence-corrected chi connectivity index (χ0v) is 21.4. The molecule has 3 aromatic rings. The summed E-state index contributed by atoms with van der Waals surface area (Å²) in [6.45, 7) is 6.18. The molecule has 1 amide bonds. The first kappa shape index (κ1) is 27.1. The average molecular weight is 556 g/mol. The highest BCUT2D eigenvalue weighted by Gasteiger charge is 2.45. The number of ether oxygens (including phenoxy) is 1. The fourth-order valence-corrected chi connectivity index (χ4v) is 5.41. The van der Waals surface area contributed by atoms with Gasteiger partial charge in [0.2, 0.25) is 5.95 Å². The molecule has 39 heavy (non-hydrogen) atoms. The molecule has 1 aromatic carbocycles. The van der Waals surface area contributed by atoms with E-state index in [1.807, 2.05) is 0 Å². The van der Waals surface area contributed by atoms with E-state index >= 15 is 0 Å². The monoisotopic (exact) mass is 555 g/mol. The molecule has 1 unspecified atom stereocenters. The number of amides is 1. The molecule has 210 valence electrons. The van der Waals surface area contributed by atoms with Gasteiger partial charge in [0.1, 0.15) is 11.3 Å². The molecule has 2 aromatic heterocycles. The second-order valence-corrected chi connectivity index (χ2v) is 11.0. The number of anilines is 1. The number of benzene rings is 1. The number of hydrogen-bond acceptors (Lipinski definition) is 5. The number of likely N-dealkylation sites (tertiary alicyclic amines) is 1. The molecule has 1 saturated heterocycles. The number of nitrogens with zero attached hydrogens (tertiary/aromatic N) is 4. The van der Waals surface area contributed by atoms with Gasteiger partial charge >= 0.3 is 18.4 Å². The third kappa shape index (κ3) is 5.48. The molecule has 5 rings (SSSR count). The molecule has 3 heterocycles. The number of halogens is 6. The Balaban J connectivity index is 1.46. The van der Waals surface area contributed by atoms with Crippen LogP contribution in [-0.4, -0.2) is 50.3 Å². The van der Waals surface area contributed by atoms with Crippen LogP contribution < -0.4 is 5.32 Å². The number of rotatable bonds is 3. The molecule has 3 atom stereocenters. The van der Waals surface area contributed by atoms with Gasteiger partial charge in [0.25, 0.3) is 0 Å². The average Bonchev–Trinajstić information content (AvgIpc) is 3.32. The van der Waals surface area contributed by atoms with E-state index in [1.54, 1.807) is 25.7 Å². The first-order valence-corrected chi connectivity index (χ1v) is 12.5. The molecule has 1 aliphatic carbocycles. The van der Waals surface area contributed by atoms with Crippen LogP contribution in [0.3, 0.4) is 0 Å². The van der Waals surface area contributed by atoms with Gasteiger partial charge in [-0.25, -0.2) is 9.31 Å². The number of aromatic nitrogens is 3. The van der Waals surface area contributed by atoms with Crippen LogP contribution in [0.1, 0.15) is 44.9 Å². The summed E-state index contributed by atoms with van der Waals surface area (Å²) in [5.74, 6) is -0.0478. The van der Waals surface area contributed by atoms with Gasteiger partial charge in [-0.15, -0.1) is 5.10 Å². The maximum Gasteiger partial charge on any atom is 0.433 e. The molecule has 1 N–H and O–H groups in total. The predicted octanol–water partition coefficient (Wildman–Crippen LogP) is 6.49. The standard InChI is InChI=1S/C26H27F6N5O2/c1-24(2,3)39-23(38)36-12-15-7-8-16(13-36)20(15)33-22-34-21-18(9-10-19(26(30,31)32)37(21)35-22)14-5-4-6-17(11-14)25(27,28)29/h4-6,9-11,15-16,20H,7-8,12-13H2,1-3H3,(H,33,35)/t15-,16+,20?. The van der Waals surface area contributed by atoms with E-state index in [2.05, 4.69) is 15.4 Å². The van der Waals surface area contributed by atoms with Gasteiger partial charge in [0.05, 0.1) is 5.56 Å². The summed E-state index contributed by atoms with van der Waals surface area (Å²) in [4.78, 5) is 18.5.